The van der Waals surface area contributed by atoms with Crippen molar-refractivity contribution in [2.75, 3.05) is 26.7 Å². The van der Waals surface area contributed by atoms with Crippen LogP contribution in [0, 0.1) is 0 Å². The number of likely N-dealkylation sites (tertiary alicyclic amines) is 1. The molecule has 3 N–H and O–H groups in total. The third-order valence-corrected chi connectivity index (χ3v) is 3.52. The zero-order chi connectivity index (χ0) is 14.3. The normalized spacial score (nSPS) is 21.0. The van der Waals surface area contributed by atoms with E-state index in [4.69, 9.17) is 10.5 Å². The first-order chi connectivity index (χ1) is 9.10. The summed E-state index contributed by atoms with van der Waals surface area (Å²) in [5.41, 5.74) is 5.33. The molecule has 1 rings (SSSR count). The van der Waals surface area contributed by atoms with E-state index in [1.165, 1.54) is 7.11 Å². The lowest BCUT2D eigenvalue weighted by atomic mass is 10.0. The highest BCUT2D eigenvalue weighted by Crippen LogP contribution is 2.18. The second-order valence-electron chi connectivity index (χ2n) is 4.90. The number of nitrogens with zero attached hydrogens (tertiary/aromatic N) is 1. The van der Waals surface area contributed by atoms with Crippen LogP contribution in [-0.4, -0.2) is 55.6 Å². The fourth-order valence-electron chi connectivity index (χ4n) is 2.29. The molecule has 0 aromatic heterocycles. The fourth-order valence-corrected chi connectivity index (χ4v) is 2.29. The average molecular weight is 271 g/mol. The van der Waals surface area contributed by atoms with E-state index in [9.17, 15) is 9.59 Å². The molecule has 1 aliphatic rings. The molecule has 1 aliphatic heterocycles. The topological polar surface area (TPSA) is 84.7 Å². The zero-order valence-electron chi connectivity index (χ0n) is 11.9. The summed E-state index contributed by atoms with van der Waals surface area (Å²) >= 11 is 0. The molecule has 6 heteroatoms. The first kappa shape index (κ1) is 15.9. The van der Waals surface area contributed by atoms with Gasteiger partial charge in [0, 0.05) is 39.2 Å². The minimum Gasteiger partial charge on any atom is -0.372 e. The number of nitrogens with one attached hydrogen (secondary N) is 1. The van der Waals surface area contributed by atoms with Crippen LogP contribution >= 0.6 is 0 Å². The molecular formula is C13H25N3O3. The molecule has 2 amide bonds. The van der Waals surface area contributed by atoms with Crippen molar-refractivity contribution in [2.24, 2.45) is 5.73 Å². The van der Waals surface area contributed by atoms with Gasteiger partial charge in [-0.25, -0.2) is 0 Å². The summed E-state index contributed by atoms with van der Waals surface area (Å²) in [6.07, 6.45) is 2.92. The largest absolute Gasteiger partial charge is 0.372 e. The van der Waals surface area contributed by atoms with E-state index in [0.29, 0.717) is 19.5 Å². The van der Waals surface area contributed by atoms with Crippen molar-refractivity contribution in [3.63, 3.8) is 0 Å². The Morgan fingerprint density at radius 3 is 2.84 bits per heavy atom. The number of ether oxygens (including phenoxy) is 1. The lowest BCUT2D eigenvalue weighted by Crippen LogP contribution is -2.52. The molecule has 0 aromatic rings. The minimum atomic E-state index is -0.430. The van der Waals surface area contributed by atoms with E-state index in [1.54, 1.807) is 6.92 Å². The standard InChI is InChI=1S/C13H25N3O3/c1-10(19-2)13(18)16-8-4-3-5-11(16)9-15-12(17)6-7-14/h10-11H,3-9,14H2,1-2H3,(H,15,17). The summed E-state index contributed by atoms with van der Waals surface area (Å²) in [4.78, 5) is 25.4. The van der Waals surface area contributed by atoms with Gasteiger partial charge in [0.1, 0.15) is 6.10 Å². The van der Waals surface area contributed by atoms with Gasteiger partial charge in [-0.15, -0.1) is 0 Å². The molecule has 0 aromatic carbocycles. The van der Waals surface area contributed by atoms with Gasteiger partial charge in [-0.3, -0.25) is 9.59 Å². The Kier molecular flexibility index (Phi) is 6.80. The molecule has 0 spiro atoms. The SMILES string of the molecule is COC(C)C(=O)N1CCCCC1CNC(=O)CCN. The first-order valence-electron chi connectivity index (χ1n) is 6.90. The van der Waals surface area contributed by atoms with E-state index < -0.39 is 6.10 Å². The number of hydrogen-bond donors (Lipinski definition) is 2. The Hall–Kier alpha value is -1.14. The van der Waals surface area contributed by atoms with Crippen LogP contribution in [0.5, 0.6) is 0 Å². The maximum atomic E-state index is 12.2. The monoisotopic (exact) mass is 271 g/mol. The van der Waals surface area contributed by atoms with E-state index in [-0.39, 0.29) is 17.9 Å². The Labute approximate surface area is 114 Å². The molecule has 0 radical (unpaired) electrons. The molecule has 1 saturated heterocycles. The quantitative estimate of drug-likeness (QED) is 0.704. The van der Waals surface area contributed by atoms with Gasteiger partial charge in [-0.1, -0.05) is 0 Å². The average Bonchev–Trinajstić information content (AvgIpc) is 2.44. The molecule has 1 fully saturated rings. The van der Waals surface area contributed by atoms with Crippen molar-refractivity contribution in [2.45, 2.75) is 44.8 Å². The Morgan fingerprint density at radius 1 is 1.47 bits per heavy atom. The number of hydrogen-bond acceptors (Lipinski definition) is 4. The summed E-state index contributed by atoms with van der Waals surface area (Å²) in [7, 11) is 1.53. The van der Waals surface area contributed by atoms with Crippen LogP contribution in [0.1, 0.15) is 32.6 Å². The van der Waals surface area contributed by atoms with Gasteiger partial charge < -0.3 is 20.7 Å². The van der Waals surface area contributed by atoms with E-state index >= 15 is 0 Å². The number of nitrogens with two attached hydrogens (primary N) is 1. The van der Waals surface area contributed by atoms with Gasteiger partial charge in [0.15, 0.2) is 0 Å². The van der Waals surface area contributed by atoms with Crippen LogP contribution in [0.25, 0.3) is 0 Å². The fraction of sp³-hybridized carbons (Fsp3) is 0.846. The number of piperidine rings is 1. The zero-order valence-corrected chi connectivity index (χ0v) is 11.9. The van der Waals surface area contributed by atoms with Crippen molar-refractivity contribution in [3.8, 4) is 0 Å². The third-order valence-electron chi connectivity index (χ3n) is 3.52. The van der Waals surface area contributed by atoms with Crippen molar-refractivity contribution in [3.05, 3.63) is 0 Å². The summed E-state index contributed by atoms with van der Waals surface area (Å²) in [5.74, 6) is -0.0551. The highest BCUT2D eigenvalue weighted by atomic mass is 16.5. The molecule has 110 valence electrons. The van der Waals surface area contributed by atoms with Crippen LogP contribution in [0.2, 0.25) is 0 Å². The molecular weight excluding hydrogens is 246 g/mol. The lowest BCUT2D eigenvalue weighted by molar-refractivity contribution is -0.145. The summed E-state index contributed by atoms with van der Waals surface area (Å²) in [5, 5.41) is 2.84. The third kappa shape index (κ3) is 4.80. The first-order valence-corrected chi connectivity index (χ1v) is 6.90. The minimum absolute atomic E-state index is 0.000254. The summed E-state index contributed by atoms with van der Waals surface area (Å²) in [6, 6.07) is 0.0700. The van der Waals surface area contributed by atoms with E-state index in [0.717, 1.165) is 25.8 Å². The highest BCUT2D eigenvalue weighted by molar-refractivity contribution is 5.81. The van der Waals surface area contributed by atoms with Gasteiger partial charge in [-0.05, 0) is 26.2 Å². The number of carbonyl (C=O) groups excluding carboxylic acids is 2. The van der Waals surface area contributed by atoms with Crippen LogP contribution in [0.4, 0.5) is 0 Å². The van der Waals surface area contributed by atoms with Crippen LogP contribution < -0.4 is 11.1 Å². The highest BCUT2D eigenvalue weighted by Gasteiger charge is 2.29. The van der Waals surface area contributed by atoms with Crippen molar-refractivity contribution >= 4 is 11.8 Å². The van der Waals surface area contributed by atoms with Gasteiger partial charge >= 0.3 is 0 Å². The molecule has 0 aliphatic carbocycles. The van der Waals surface area contributed by atoms with Crippen LogP contribution in [-0.2, 0) is 14.3 Å². The molecule has 0 saturated carbocycles. The van der Waals surface area contributed by atoms with Crippen molar-refractivity contribution in [1.29, 1.82) is 0 Å². The molecule has 1 heterocycles. The van der Waals surface area contributed by atoms with Gasteiger partial charge in [0.25, 0.3) is 5.91 Å². The Balaban J connectivity index is 2.52. The number of methoxy groups -OCH3 is 1. The van der Waals surface area contributed by atoms with Gasteiger partial charge in [0.05, 0.1) is 0 Å². The molecule has 0 bridgehead atoms. The number of carbonyl (C=O) groups is 2. The van der Waals surface area contributed by atoms with Crippen molar-refractivity contribution < 1.29 is 14.3 Å². The second-order valence-corrected chi connectivity index (χ2v) is 4.90. The van der Waals surface area contributed by atoms with Crippen LogP contribution in [0.3, 0.4) is 0 Å². The predicted molar refractivity (Wildman–Crippen MR) is 72.5 cm³/mol. The summed E-state index contributed by atoms with van der Waals surface area (Å²) < 4.78 is 5.08. The van der Waals surface area contributed by atoms with Gasteiger partial charge in [0.2, 0.25) is 5.91 Å². The number of rotatable bonds is 6. The molecule has 2 atom stereocenters. The maximum absolute atomic E-state index is 12.2. The Morgan fingerprint density at radius 2 is 2.21 bits per heavy atom. The summed E-state index contributed by atoms with van der Waals surface area (Å²) in [6.45, 7) is 3.34. The molecule has 6 nitrogen and oxygen atoms in total. The van der Waals surface area contributed by atoms with E-state index in [2.05, 4.69) is 5.32 Å². The smallest absolute Gasteiger partial charge is 0.251 e. The van der Waals surface area contributed by atoms with E-state index in [1.807, 2.05) is 4.90 Å². The number of amides is 2. The predicted octanol–water partition coefficient (Wildman–Crippen LogP) is -0.133. The van der Waals surface area contributed by atoms with Crippen LogP contribution in [0.15, 0.2) is 0 Å². The second kappa shape index (κ2) is 8.12. The molecule has 2 unspecified atom stereocenters. The van der Waals surface area contributed by atoms with Crippen molar-refractivity contribution in [1.82, 2.24) is 10.2 Å². The van der Waals surface area contributed by atoms with Gasteiger partial charge in [-0.2, -0.15) is 0 Å². The Bertz CT molecular complexity index is 310. The maximum Gasteiger partial charge on any atom is 0.251 e. The molecule has 19 heavy (non-hydrogen) atoms. The lowest BCUT2D eigenvalue weighted by Gasteiger charge is -2.37.